The highest BCUT2D eigenvalue weighted by molar-refractivity contribution is 9.10. The Morgan fingerprint density at radius 2 is 1.58 bits per heavy atom. The van der Waals surface area contributed by atoms with Gasteiger partial charge in [0.05, 0.1) is 11.4 Å². The molecule has 1 heterocycles. The fraction of sp³-hybridized carbons (Fsp3) is 0.0833. The quantitative estimate of drug-likeness (QED) is 0.268. The topological polar surface area (TPSA) is 82.7 Å². The molecule has 4 rings (SSSR count). The molecule has 0 saturated heterocycles. The lowest BCUT2D eigenvalue weighted by Gasteiger charge is -2.07. The van der Waals surface area contributed by atoms with Gasteiger partial charge in [0, 0.05) is 17.7 Å². The van der Waals surface area contributed by atoms with Crippen LogP contribution in [0.2, 0.25) is 0 Å². The van der Waals surface area contributed by atoms with Crippen LogP contribution >= 0.6 is 15.9 Å². The van der Waals surface area contributed by atoms with Crippen molar-refractivity contribution < 1.29 is 12.6 Å². The summed E-state index contributed by atoms with van der Waals surface area (Å²) in [6.07, 6.45) is 1.56. The first kappa shape index (κ1) is 22.8. The van der Waals surface area contributed by atoms with Crippen molar-refractivity contribution in [3.05, 3.63) is 105 Å². The van der Waals surface area contributed by atoms with Gasteiger partial charge in [-0.3, -0.25) is 9.48 Å². The van der Waals surface area contributed by atoms with Crippen LogP contribution in [0.1, 0.15) is 11.3 Å². The second-order valence-corrected chi connectivity index (χ2v) is 9.69. The van der Waals surface area contributed by atoms with Gasteiger partial charge in [0.15, 0.2) is 5.69 Å². The van der Waals surface area contributed by atoms with Crippen molar-refractivity contribution >= 4 is 38.0 Å². The molecule has 0 saturated carbocycles. The van der Waals surface area contributed by atoms with E-state index in [9.17, 15) is 13.2 Å². The van der Waals surface area contributed by atoms with Crippen molar-refractivity contribution in [2.45, 2.75) is 11.8 Å². The van der Waals surface area contributed by atoms with Crippen LogP contribution in [0, 0.1) is 6.92 Å². The van der Waals surface area contributed by atoms with E-state index >= 15 is 0 Å². The van der Waals surface area contributed by atoms with E-state index in [4.69, 9.17) is 4.18 Å². The summed E-state index contributed by atoms with van der Waals surface area (Å²) >= 11 is 3.27. The van der Waals surface area contributed by atoms with E-state index in [-0.39, 0.29) is 16.2 Å². The monoisotopic (exact) mass is 525 g/mol. The Balaban J connectivity index is 1.55. The zero-order chi connectivity index (χ0) is 23.6. The summed E-state index contributed by atoms with van der Waals surface area (Å²) in [5, 5.41) is 0. The molecular weight excluding hydrogens is 506 g/mol. The van der Waals surface area contributed by atoms with E-state index in [1.807, 2.05) is 37.3 Å². The maximum atomic E-state index is 12.9. The van der Waals surface area contributed by atoms with Crippen LogP contribution in [0.15, 0.2) is 98.0 Å². The van der Waals surface area contributed by atoms with Crippen LogP contribution in [0.3, 0.4) is 0 Å². The highest BCUT2D eigenvalue weighted by atomic mass is 79.9. The van der Waals surface area contributed by atoms with E-state index in [0.29, 0.717) is 11.3 Å². The second kappa shape index (κ2) is 9.21. The van der Waals surface area contributed by atoms with Gasteiger partial charge in [0.25, 0.3) is 5.56 Å². The molecule has 3 aromatic carbocycles. The Bertz CT molecular complexity index is 1470. The van der Waals surface area contributed by atoms with Crippen LogP contribution < -0.4 is 9.74 Å². The molecule has 168 valence electrons. The number of hydrogen-bond acceptors (Lipinski definition) is 5. The van der Waals surface area contributed by atoms with E-state index in [0.717, 1.165) is 15.9 Å². The SMILES string of the molecule is Cc1c(N=Cc2ccc(OS(=O)(=O)c3ccc(Br)cc3)cc2)c(=O)n(-c2ccccc2)n1C. The Morgan fingerprint density at radius 1 is 0.939 bits per heavy atom. The van der Waals surface area contributed by atoms with Crippen molar-refractivity contribution in [2.24, 2.45) is 12.0 Å². The minimum absolute atomic E-state index is 0.0607. The fourth-order valence-corrected chi connectivity index (χ4v) is 4.42. The molecule has 7 nitrogen and oxygen atoms in total. The Kier molecular flexibility index (Phi) is 6.35. The van der Waals surface area contributed by atoms with Gasteiger partial charge in [-0.05, 0) is 73.2 Å². The van der Waals surface area contributed by atoms with Gasteiger partial charge in [0.1, 0.15) is 10.6 Å². The number of benzene rings is 3. The van der Waals surface area contributed by atoms with Crippen LogP contribution in [-0.4, -0.2) is 24.0 Å². The maximum absolute atomic E-state index is 12.9. The zero-order valence-electron chi connectivity index (χ0n) is 17.8. The third kappa shape index (κ3) is 4.84. The first-order chi connectivity index (χ1) is 15.8. The zero-order valence-corrected chi connectivity index (χ0v) is 20.2. The van der Waals surface area contributed by atoms with Gasteiger partial charge in [-0.15, -0.1) is 0 Å². The lowest BCUT2D eigenvalue weighted by molar-refractivity contribution is 0.486. The molecule has 0 fully saturated rings. The first-order valence-corrected chi connectivity index (χ1v) is 12.1. The van der Waals surface area contributed by atoms with E-state index in [2.05, 4.69) is 20.9 Å². The van der Waals surface area contributed by atoms with Gasteiger partial charge >= 0.3 is 10.1 Å². The molecule has 0 aliphatic heterocycles. The van der Waals surface area contributed by atoms with Gasteiger partial charge < -0.3 is 4.18 Å². The number of halogens is 1. The van der Waals surface area contributed by atoms with E-state index in [1.54, 1.807) is 46.9 Å². The summed E-state index contributed by atoms with van der Waals surface area (Å²) in [4.78, 5) is 17.4. The number of para-hydroxylation sites is 1. The van der Waals surface area contributed by atoms with E-state index < -0.39 is 10.1 Å². The minimum atomic E-state index is -3.94. The van der Waals surface area contributed by atoms with Gasteiger partial charge in [-0.2, -0.15) is 8.42 Å². The Labute approximate surface area is 199 Å². The number of aliphatic imine (C=N–C) groups is 1. The molecule has 0 radical (unpaired) electrons. The molecule has 0 aliphatic carbocycles. The summed E-state index contributed by atoms with van der Waals surface area (Å²) in [5.74, 6) is 0.178. The number of aromatic nitrogens is 2. The summed E-state index contributed by atoms with van der Waals surface area (Å²) in [5.41, 5.74) is 2.28. The molecule has 0 bridgehead atoms. The Morgan fingerprint density at radius 3 is 2.21 bits per heavy atom. The third-order valence-electron chi connectivity index (χ3n) is 5.05. The molecule has 0 amide bonds. The van der Waals surface area contributed by atoms with Crippen molar-refractivity contribution in [1.82, 2.24) is 9.36 Å². The van der Waals surface area contributed by atoms with Crippen LogP contribution in [0.4, 0.5) is 5.69 Å². The third-order valence-corrected chi connectivity index (χ3v) is 6.84. The predicted octanol–water partition coefficient (Wildman–Crippen LogP) is 4.77. The normalized spacial score (nSPS) is 11.7. The Hall–Kier alpha value is -3.43. The molecule has 0 atom stereocenters. The molecule has 0 aliphatic rings. The average Bonchev–Trinajstić information content (AvgIpc) is 3.02. The smallest absolute Gasteiger partial charge is 0.339 e. The molecular formula is C24H20BrN3O4S. The van der Waals surface area contributed by atoms with Crippen molar-refractivity contribution in [3.63, 3.8) is 0 Å². The van der Waals surface area contributed by atoms with Crippen molar-refractivity contribution in [3.8, 4) is 11.4 Å². The lowest BCUT2D eigenvalue weighted by atomic mass is 10.2. The first-order valence-electron chi connectivity index (χ1n) is 9.94. The lowest BCUT2D eigenvalue weighted by Crippen LogP contribution is -2.19. The number of hydrogen-bond donors (Lipinski definition) is 0. The minimum Gasteiger partial charge on any atom is -0.379 e. The molecule has 1 aromatic heterocycles. The maximum Gasteiger partial charge on any atom is 0.339 e. The molecule has 4 aromatic rings. The number of rotatable bonds is 6. The van der Waals surface area contributed by atoms with Gasteiger partial charge in [0.2, 0.25) is 0 Å². The van der Waals surface area contributed by atoms with Crippen molar-refractivity contribution in [2.75, 3.05) is 0 Å². The fourth-order valence-electron chi connectivity index (χ4n) is 3.23. The summed E-state index contributed by atoms with van der Waals surface area (Å²) in [7, 11) is -2.13. The van der Waals surface area contributed by atoms with E-state index in [1.165, 1.54) is 24.3 Å². The highest BCUT2D eigenvalue weighted by Crippen LogP contribution is 2.21. The standard InChI is InChI=1S/C24H20BrN3O4S/c1-17-23(24(29)28(27(17)2)20-6-4-3-5-7-20)26-16-18-8-12-21(13-9-18)32-33(30,31)22-14-10-19(25)11-15-22/h3-16H,1-2H3. The second-order valence-electron chi connectivity index (χ2n) is 7.23. The van der Waals surface area contributed by atoms with Crippen molar-refractivity contribution in [1.29, 1.82) is 0 Å². The largest absolute Gasteiger partial charge is 0.379 e. The van der Waals surface area contributed by atoms with Gasteiger partial charge in [-0.25, -0.2) is 9.67 Å². The molecule has 9 heteroatoms. The summed E-state index contributed by atoms with van der Waals surface area (Å²) in [6.45, 7) is 1.83. The molecule has 0 spiro atoms. The molecule has 33 heavy (non-hydrogen) atoms. The van der Waals surface area contributed by atoms with Crippen LogP contribution in [-0.2, 0) is 17.2 Å². The average molecular weight is 526 g/mol. The number of nitrogens with zero attached hydrogens (tertiary/aromatic N) is 3. The molecule has 0 N–H and O–H groups in total. The van der Waals surface area contributed by atoms with Crippen LogP contribution in [0.5, 0.6) is 5.75 Å². The van der Waals surface area contributed by atoms with Crippen LogP contribution in [0.25, 0.3) is 5.69 Å². The predicted molar refractivity (Wildman–Crippen MR) is 131 cm³/mol. The summed E-state index contributed by atoms with van der Waals surface area (Å²) < 4.78 is 34.2. The van der Waals surface area contributed by atoms with Gasteiger partial charge in [-0.1, -0.05) is 34.1 Å². The molecule has 0 unspecified atom stereocenters. The summed E-state index contributed by atoms with van der Waals surface area (Å²) in [6, 6.07) is 22.0. The highest BCUT2D eigenvalue weighted by Gasteiger charge is 2.17.